The van der Waals surface area contributed by atoms with E-state index in [2.05, 4.69) is 41.8 Å². The van der Waals surface area contributed by atoms with Gasteiger partial charge in [0.2, 0.25) is 0 Å². The van der Waals surface area contributed by atoms with Crippen molar-refractivity contribution in [1.29, 1.82) is 0 Å². The lowest BCUT2D eigenvalue weighted by molar-refractivity contribution is 1.12. The molecule has 2 N–H and O–H groups in total. The molecule has 0 radical (unpaired) electrons. The summed E-state index contributed by atoms with van der Waals surface area (Å²) in [4.78, 5) is 9.20. The van der Waals surface area contributed by atoms with Crippen molar-refractivity contribution in [3.8, 4) is 0 Å². The Hall–Kier alpha value is -0.590. The minimum Gasteiger partial charge on any atom is -0.397 e. The Kier molecular flexibility index (Phi) is 3.83. The monoisotopic (exact) mass is 359 g/mol. The molecule has 2 aromatic rings. The first-order valence-electron chi connectivity index (χ1n) is 4.35. The molecule has 0 aliphatic carbocycles. The second-order valence-electron chi connectivity index (χ2n) is 2.96. The van der Waals surface area contributed by atoms with E-state index >= 15 is 0 Å². The Balaban J connectivity index is 2.30. The number of nitrogens with two attached hydrogens (primary N) is 1. The molecule has 0 atom stereocenters. The van der Waals surface area contributed by atoms with Gasteiger partial charge in [-0.1, -0.05) is 11.8 Å². The van der Waals surface area contributed by atoms with Crippen LogP contribution in [-0.2, 0) is 0 Å². The Morgan fingerprint density at radius 3 is 2.56 bits per heavy atom. The van der Waals surface area contributed by atoms with E-state index in [-0.39, 0.29) is 0 Å². The third kappa shape index (κ3) is 2.75. The second-order valence-corrected chi connectivity index (χ2v) is 5.76. The number of pyridine rings is 2. The van der Waals surface area contributed by atoms with Crippen molar-refractivity contribution in [1.82, 2.24) is 9.97 Å². The highest BCUT2D eigenvalue weighted by Gasteiger charge is 2.07. The molecule has 0 aromatic carbocycles. The number of aromatic nitrogens is 2. The average Bonchev–Trinajstić information content (AvgIpc) is 2.26. The van der Waals surface area contributed by atoms with Gasteiger partial charge in [-0.2, -0.15) is 0 Å². The fourth-order valence-electron chi connectivity index (χ4n) is 1.07. The number of anilines is 1. The van der Waals surface area contributed by atoms with Crippen LogP contribution in [0.25, 0.3) is 0 Å². The first kappa shape index (κ1) is 11.9. The molecular formula is C10H7Br2N3S. The molecule has 2 aromatic heterocycles. The van der Waals surface area contributed by atoms with E-state index in [1.165, 1.54) is 11.8 Å². The molecule has 0 saturated heterocycles. The normalized spacial score (nSPS) is 10.4. The summed E-state index contributed by atoms with van der Waals surface area (Å²) < 4.78 is 1.83. The molecule has 0 unspecified atom stereocenters. The smallest absolute Gasteiger partial charge is 0.101 e. The van der Waals surface area contributed by atoms with Crippen LogP contribution in [-0.4, -0.2) is 9.97 Å². The van der Waals surface area contributed by atoms with E-state index in [0.29, 0.717) is 5.69 Å². The highest BCUT2D eigenvalue weighted by Crippen LogP contribution is 2.36. The molecule has 0 saturated carbocycles. The summed E-state index contributed by atoms with van der Waals surface area (Å²) in [6.07, 6.45) is 5.11. The van der Waals surface area contributed by atoms with Gasteiger partial charge in [0.25, 0.3) is 0 Å². The van der Waals surface area contributed by atoms with Crippen molar-refractivity contribution in [2.45, 2.75) is 9.92 Å². The van der Waals surface area contributed by atoms with Gasteiger partial charge in [0, 0.05) is 16.9 Å². The van der Waals surface area contributed by atoms with E-state index in [9.17, 15) is 0 Å². The second kappa shape index (κ2) is 5.16. The zero-order chi connectivity index (χ0) is 11.5. The van der Waals surface area contributed by atoms with Crippen LogP contribution >= 0.6 is 43.6 Å². The fraction of sp³-hybridized carbons (Fsp3) is 0. The molecule has 0 amide bonds. The zero-order valence-corrected chi connectivity index (χ0v) is 12.0. The van der Waals surface area contributed by atoms with E-state index in [0.717, 1.165) is 18.9 Å². The molecule has 0 aliphatic heterocycles. The van der Waals surface area contributed by atoms with Crippen LogP contribution < -0.4 is 5.73 Å². The molecule has 0 aliphatic rings. The van der Waals surface area contributed by atoms with E-state index in [4.69, 9.17) is 5.73 Å². The maximum atomic E-state index is 5.85. The maximum Gasteiger partial charge on any atom is 0.101 e. The molecule has 16 heavy (non-hydrogen) atoms. The van der Waals surface area contributed by atoms with Crippen molar-refractivity contribution in [3.63, 3.8) is 0 Å². The largest absolute Gasteiger partial charge is 0.397 e. The predicted octanol–water partition coefficient (Wildman–Crippen LogP) is 3.74. The quantitative estimate of drug-likeness (QED) is 0.886. The topological polar surface area (TPSA) is 51.8 Å². The molecule has 0 bridgehead atoms. The number of nitrogens with zero attached hydrogens (tertiary/aromatic N) is 2. The van der Waals surface area contributed by atoms with Crippen LogP contribution in [0.5, 0.6) is 0 Å². The summed E-state index contributed by atoms with van der Waals surface area (Å²) in [6.45, 7) is 0. The molecule has 0 fully saturated rings. The van der Waals surface area contributed by atoms with Gasteiger partial charge in [-0.25, -0.2) is 4.98 Å². The standard InChI is InChI=1S/C10H7Br2N3S/c11-6-1-2-9(15-3-6)16-10-7(12)4-14-5-8(10)13/h1-5H,13H2. The van der Waals surface area contributed by atoms with Crippen LogP contribution in [0.1, 0.15) is 0 Å². The lowest BCUT2D eigenvalue weighted by atomic mass is 10.4. The molecule has 82 valence electrons. The lowest BCUT2D eigenvalue weighted by Gasteiger charge is -2.06. The predicted molar refractivity (Wildman–Crippen MR) is 72.4 cm³/mol. The first-order chi connectivity index (χ1) is 7.66. The molecular weight excluding hydrogens is 354 g/mol. The van der Waals surface area contributed by atoms with Gasteiger partial charge in [0.1, 0.15) is 5.03 Å². The van der Waals surface area contributed by atoms with Gasteiger partial charge < -0.3 is 5.73 Å². The van der Waals surface area contributed by atoms with E-state index in [1.807, 2.05) is 12.1 Å². The van der Waals surface area contributed by atoms with Gasteiger partial charge >= 0.3 is 0 Å². The van der Waals surface area contributed by atoms with Gasteiger partial charge in [0.05, 0.1) is 21.3 Å². The average molecular weight is 361 g/mol. The van der Waals surface area contributed by atoms with E-state index in [1.54, 1.807) is 18.6 Å². The highest BCUT2D eigenvalue weighted by molar-refractivity contribution is 9.10. The Bertz CT molecular complexity index is 482. The SMILES string of the molecule is Nc1cncc(Br)c1Sc1ccc(Br)cn1. The van der Waals surface area contributed by atoms with Crippen LogP contribution in [0.4, 0.5) is 5.69 Å². The Labute approximate surface area is 114 Å². The highest BCUT2D eigenvalue weighted by atomic mass is 79.9. The summed E-state index contributed by atoms with van der Waals surface area (Å²) in [7, 11) is 0. The van der Waals surface area contributed by atoms with Crippen molar-refractivity contribution in [3.05, 3.63) is 39.7 Å². The van der Waals surface area contributed by atoms with Crippen molar-refractivity contribution in [2.75, 3.05) is 5.73 Å². The first-order valence-corrected chi connectivity index (χ1v) is 6.75. The third-order valence-corrected chi connectivity index (χ3v) is 4.23. The summed E-state index contributed by atoms with van der Waals surface area (Å²) in [6, 6.07) is 3.88. The number of hydrogen-bond donors (Lipinski definition) is 1. The number of nitrogen functional groups attached to an aromatic ring is 1. The van der Waals surface area contributed by atoms with E-state index < -0.39 is 0 Å². The summed E-state index contributed by atoms with van der Waals surface area (Å²) in [5.41, 5.74) is 6.49. The third-order valence-electron chi connectivity index (χ3n) is 1.79. The van der Waals surface area contributed by atoms with Crippen LogP contribution in [0.2, 0.25) is 0 Å². The zero-order valence-electron chi connectivity index (χ0n) is 8.02. The van der Waals surface area contributed by atoms with Crippen molar-refractivity contribution < 1.29 is 0 Å². The maximum absolute atomic E-state index is 5.85. The fourth-order valence-corrected chi connectivity index (χ4v) is 2.67. The number of halogens is 2. The van der Waals surface area contributed by atoms with Crippen LogP contribution in [0.3, 0.4) is 0 Å². The number of hydrogen-bond acceptors (Lipinski definition) is 4. The summed E-state index contributed by atoms with van der Waals surface area (Å²) in [5.74, 6) is 0. The Morgan fingerprint density at radius 2 is 1.94 bits per heavy atom. The van der Waals surface area contributed by atoms with Gasteiger partial charge in [-0.15, -0.1) is 0 Å². The van der Waals surface area contributed by atoms with Crippen LogP contribution in [0, 0.1) is 0 Å². The van der Waals surface area contributed by atoms with Crippen molar-refractivity contribution in [2.24, 2.45) is 0 Å². The van der Waals surface area contributed by atoms with Crippen LogP contribution in [0.15, 0.2) is 49.6 Å². The van der Waals surface area contributed by atoms with Gasteiger partial charge in [-0.05, 0) is 44.0 Å². The molecule has 2 rings (SSSR count). The van der Waals surface area contributed by atoms with Crippen molar-refractivity contribution >= 4 is 49.3 Å². The molecule has 2 heterocycles. The molecule has 6 heteroatoms. The number of rotatable bonds is 2. The Morgan fingerprint density at radius 1 is 1.12 bits per heavy atom. The molecule has 3 nitrogen and oxygen atoms in total. The minimum atomic E-state index is 0.643. The van der Waals surface area contributed by atoms with Gasteiger partial charge in [0.15, 0.2) is 0 Å². The summed E-state index contributed by atoms with van der Waals surface area (Å²) >= 11 is 8.27. The minimum absolute atomic E-state index is 0.643. The molecule has 0 spiro atoms. The summed E-state index contributed by atoms with van der Waals surface area (Å²) in [5, 5.41) is 0.891. The van der Waals surface area contributed by atoms with Gasteiger partial charge in [-0.3, -0.25) is 4.98 Å². The lowest BCUT2D eigenvalue weighted by Crippen LogP contribution is -1.91.